The van der Waals surface area contributed by atoms with Gasteiger partial charge in [0.05, 0.1) is 12.1 Å². The van der Waals surface area contributed by atoms with Crippen LogP contribution in [-0.4, -0.2) is 77.5 Å². The van der Waals surface area contributed by atoms with E-state index in [1.807, 2.05) is 58.0 Å². The molecule has 1 aliphatic rings. The monoisotopic (exact) mass is 589 g/mol. The lowest BCUT2D eigenvalue weighted by atomic mass is 9.91. The van der Waals surface area contributed by atoms with Gasteiger partial charge in [0.1, 0.15) is 5.82 Å². The second kappa shape index (κ2) is 13.8. The summed E-state index contributed by atoms with van der Waals surface area (Å²) in [5.74, 6) is 1.54. The largest absolute Gasteiger partial charge is 0.338 e. The third kappa shape index (κ3) is 7.78. The minimum atomic E-state index is -0.289. The van der Waals surface area contributed by atoms with Gasteiger partial charge >= 0.3 is 6.03 Å². The van der Waals surface area contributed by atoms with E-state index in [4.69, 9.17) is 0 Å². The Morgan fingerprint density at radius 3 is 2.19 bits per heavy atom. The number of anilines is 1. The van der Waals surface area contributed by atoms with Crippen molar-refractivity contribution in [1.29, 1.82) is 0 Å². The Morgan fingerprint density at radius 1 is 0.953 bits per heavy atom. The molecule has 12 nitrogen and oxygen atoms in total. The Kier molecular flexibility index (Phi) is 9.70. The average molecular weight is 590 g/mol. The van der Waals surface area contributed by atoms with Gasteiger partial charge in [-0.15, -0.1) is 10.2 Å². The molecule has 5 rings (SSSR count). The van der Waals surface area contributed by atoms with Gasteiger partial charge in [0, 0.05) is 29.9 Å². The zero-order chi connectivity index (χ0) is 30.3. The summed E-state index contributed by atoms with van der Waals surface area (Å²) in [4.78, 5) is 15.4. The molecular weight excluding hydrogens is 549 g/mol. The molecule has 0 radical (unpaired) electrons. The quantitative estimate of drug-likeness (QED) is 0.240. The lowest BCUT2D eigenvalue weighted by molar-refractivity contribution is 0.172. The first kappa shape index (κ1) is 30.2. The van der Waals surface area contributed by atoms with Crippen LogP contribution in [0.15, 0.2) is 42.5 Å². The molecule has 0 unspecified atom stereocenters. The van der Waals surface area contributed by atoms with Crippen LogP contribution < -0.4 is 10.6 Å². The molecule has 3 heterocycles. The number of nitrogens with zero attached hydrogens (tertiary/aromatic N) is 9. The molecule has 2 amide bonds. The van der Waals surface area contributed by atoms with Crippen molar-refractivity contribution in [2.75, 3.05) is 31.5 Å². The minimum absolute atomic E-state index is 0.0486. The molecule has 0 aliphatic carbocycles. The number of likely N-dealkylation sites (tertiary alicyclic amines) is 1. The number of piperidine rings is 1. The Bertz CT molecular complexity index is 1430. The first-order valence-corrected chi connectivity index (χ1v) is 15.0. The Balaban J connectivity index is 1.19. The van der Waals surface area contributed by atoms with Gasteiger partial charge in [-0.2, -0.15) is 0 Å². The van der Waals surface area contributed by atoms with E-state index in [-0.39, 0.29) is 23.9 Å². The van der Waals surface area contributed by atoms with E-state index >= 15 is 0 Å². The highest BCUT2D eigenvalue weighted by molar-refractivity contribution is 5.91. The number of aromatic nitrogens is 8. The number of nitrogens with one attached hydrogen (secondary N) is 2. The van der Waals surface area contributed by atoms with E-state index in [2.05, 4.69) is 46.6 Å². The number of hydrogen-bond donors (Lipinski definition) is 2. The van der Waals surface area contributed by atoms with Crippen molar-refractivity contribution in [3.63, 3.8) is 0 Å². The summed E-state index contributed by atoms with van der Waals surface area (Å²) in [7, 11) is 0. The molecule has 1 atom stereocenters. The van der Waals surface area contributed by atoms with Crippen LogP contribution in [0.3, 0.4) is 0 Å². The van der Waals surface area contributed by atoms with Crippen molar-refractivity contribution >= 4 is 11.7 Å². The highest BCUT2D eigenvalue weighted by atomic mass is 19.1. The molecule has 0 spiro atoms. The molecule has 2 aromatic heterocycles. The molecular formula is C30H40FN11O. The summed E-state index contributed by atoms with van der Waals surface area (Å²) in [5, 5.41) is 30.4. The van der Waals surface area contributed by atoms with Crippen molar-refractivity contribution in [2.24, 2.45) is 5.92 Å². The van der Waals surface area contributed by atoms with Crippen molar-refractivity contribution < 1.29 is 9.18 Å². The van der Waals surface area contributed by atoms with E-state index in [0.717, 1.165) is 50.0 Å². The number of carbonyl (C=O) groups is 1. The van der Waals surface area contributed by atoms with Crippen LogP contribution in [0.4, 0.5) is 14.9 Å². The smallest absolute Gasteiger partial charge is 0.319 e. The second-order valence-electron chi connectivity index (χ2n) is 11.8. The third-order valence-electron chi connectivity index (χ3n) is 7.65. The van der Waals surface area contributed by atoms with Gasteiger partial charge in [-0.05, 0) is 129 Å². The number of tetrazole rings is 2. The van der Waals surface area contributed by atoms with Gasteiger partial charge in [-0.3, -0.25) is 0 Å². The Hall–Kier alpha value is -4.26. The molecule has 4 aromatic rings. The standard InChI is InChI=1S/C30H40FN11O/c1-20(2)41-28(34-36-38-41)24-16-25(29-35-37-39-42(29)21(3)4)18-27(17-24)33-30(43)32-12-6-14-40-13-5-7-23(19-40)15-22-8-10-26(31)11-9-22/h8-11,16-18,20-21,23H,5-7,12-15,19H2,1-4H3,(H2,32,33,43)/t23-/m0/s1. The summed E-state index contributed by atoms with van der Waals surface area (Å²) in [6.45, 7) is 11.6. The fourth-order valence-electron chi connectivity index (χ4n) is 5.58. The zero-order valence-electron chi connectivity index (χ0n) is 25.2. The topological polar surface area (TPSA) is 132 Å². The molecule has 1 saturated heterocycles. The maximum atomic E-state index is 13.3. The lowest BCUT2D eigenvalue weighted by Crippen LogP contribution is -2.38. The van der Waals surface area contributed by atoms with E-state index in [9.17, 15) is 9.18 Å². The zero-order valence-corrected chi connectivity index (χ0v) is 25.2. The first-order chi connectivity index (χ1) is 20.8. The van der Waals surface area contributed by atoms with Gasteiger partial charge in [0.25, 0.3) is 0 Å². The number of amides is 2. The molecule has 43 heavy (non-hydrogen) atoms. The minimum Gasteiger partial charge on any atom is -0.338 e. The molecule has 13 heteroatoms. The van der Waals surface area contributed by atoms with Crippen molar-refractivity contribution in [3.8, 4) is 22.8 Å². The maximum absolute atomic E-state index is 13.3. The highest BCUT2D eigenvalue weighted by Gasteiger charge is 2.21. The van der Waals surface area contributed by atoms with Gasteiger partial charge < -0.3 is 15.5 Å². The fourth-order valence-corrected chi connectivity index (χ4v) is 5.58. The summed E-state index contributed by atoms with van der Waals surface area (Å²) in [5.41, 5.74) is 3.25. The number of benzene rings is 2. The summed E-state index contributed by atoms with van der Waals surface area (Å²) < 4.78 is 16.7. The fraction of sp³-hybridized carbons (Fsp3) is 0.500. The first-order valence-electron chi connectivity index (χ1n) is 15.0. The molecule has 1 fully saturated rings. The number of rotatable bonds is 11. The van der Waals surface area contributed by atoms with Crippen LogP contribution in [-0.2, 0) is 6.42 Å². The second-order valence-corrected chi connectivity index (χ2v) is 11.8. The summed E-state index contributed by atoms with van der Waals surface area (Å²) in [6.07, 6.45) is 4.14. The van der Waals surface area contributed by atoms with E-state index in [1.165, 1.54) is 24.1 Å². The number of hydrogen-bond acceptors (Lipinski definition) is 8. The predicted molar refractivity (Wildman–Crippen MR) is 162 cm³/mol. The molecule has 0 saturated carbocycles. The van der Waals surface area contributed by atoms with Crippen LogP contribution in [0.2, 0.25) is 0 Å². The van der Waals surface area contributed by atoms with Crippen molar-refractivity contribution in [3.05, 3.63) is 53.8 Å². The van der Waals surface area contributed by atoms with Crippen LogP contribution in [0.25, 0.3) is 22.8 Å². The normalized spacial score (nSPS) is 15.7. The van der Waals surface area contributed by atoms with Crippen LogP contribution >= 0.6 is 0 Å². The van der Waals surface area contributed by atoms with E-state index in [1.54, 1.807) is 9.36 Å². The summed E-state index contributed by atoms with van der Waals surface area (Å²) in [6, 6.07) is 12.3. The van der Waals surface area contributed by atoms with Crippen molar-refractivity contribution in [1.82, 2.24) is 50.6 Å². The number of urea groups is 1. The average Bonchev–Trinajstić information content (AvgIpc) is 3.68. The SMILES string of the molecule is CC(C)n1nnnc1-c1cc(NC(=O)NCCCN2CCC[C@@H](Cc3ccc(F)cc3)C2)cc(-c2nnnn2C(C)C)c1. The lowest BCUT2D eigenvalue weighted by Gasteiger charge is -2.32. The van der Waals surface area contributed by atoms with Crippen LogP contribution in [0, 0.1) is 11.7 Å². The molecule has 2 aromatic carbocycles. The Labute approximate surface area is 251 Å². The summed E-state index contributed by atoms with van der Waals surface area (Å²) >= 11 is 0. The van der Waals surface area contributed by atoms with E-state index < -0.39 is 0 Å². The van der Waals surface area contributed by atoms with Crippen molar-refractivity contribution in [2.45, 2.75) is 65.5 Å². The number of halogens is 1. The number of carbonyl (C=O) groups excluding carboxylic acids is 1. The maximum Gasteiger partial charge on any atom is 0.319 e. The molecule has 2 N–H and O–H groups in total. The van der Waals surface area contributed by atoms with E-state index in [0.29, 0.717) is 29.8 Å². The van der Waals surface area contributed by atoms with Crippen LogP contribution in [0.1, 0.15) is 64.6 Å². The van der Waals surface area contributed by atoms with Gasteiger partial charge in [0.2, 0.25) is 0 Å². The molecule has 0 bridgehead atoms. The third-order valence-corrected chi connectivity index (χ3v) is 7.65. The molecule has 228 valence electrons. The van der Waals surface area contributed by atoms with Gasteiger partial charge in [-0.25, -0.2) is 18.5 Å². The predicted octanol–water partition coefficient (Wildman–Crippen LogP) is 4.76. The van der Waals surface area contributed by atoms with Gasteiger partial charge in [0.15, 0.2) is 11.6 Å². The Morgan fingerprint density at radius 2 is 1.58 bits per heavy atom. The highest BCUT2D eigenvalue weighted by Crippen LogP contribution is 2.30. The van der Waals surface area contributed by atoms with Gasteiger partial charge in [-0.1, -0.05) is 12.1 Å². The van der Waals surface area contributed by atoms with Crippen LogP contribution in [0.5, 0.6) is 0 Å². The molecule has 1 aliphatic heterocycles.